The Kier molecular flexibility index (Phi) is 5.11. The summed E-state index contributed by atoms with van der Waals surface area (Å²) in [6, 6.07) is 11.0. The zero-order valence-electron chi connectivity index (χ0n) is 11.6. The fourth-order valence-corrected chi connectivity index (χ4v) is 1.81. The van der Waals surface area contributed by atoms with Crippen LogP contribution in [0, 0.1) is 18.6 Å². The van der Waals surface area contributed by atoms with Crippen molar-refractivity contribution in [2.75, 3.05) is 18.5 Å². The number of hydrogen-bond acceptors (Lipinski definition) is 3. The lowest BCUT2D eigenvalue weighted by molar-refractivity contribution is 0.117. The molecular formula is C16H17F2NO2. The summed E-state index contributed by atoms with van der Waals surface area (Å²) in [5.41, 5.74) is 1.39. The number of hydrogen-bond donors (Lipinski definition) is 2. The second-order valence-corrected chi connectivity index (χ2v) is 4.74. The molecule has 0 saturated heterocycles. The number of halogens is 2. The molecule has 2 aromatic rings. The van der Waals surface area contributed by atoms with Crippen LogP contribution in [0.5, 0.6) is 5.75 Å². The van der Waals surface area contributed by atoms with Crippen molar-refractivity contribution in [1.29, 1.82) is 0 Å². The number of aliphatic hydroxyl groups is 1. The molecule has 0 bridgehead atoms. The summed E-state index contributed by atoms with van der Waals surface area (Å²) in [5.74, 6) is -1.11. The molecule has 0 aliphatic carbocycles. The van der Waals surface area contributed by atoms with Gasteiger partial charge in [-0.05, 0) is 30.7 Å². The van der Waals surface area contributed by atoms with E-state index in [-0.39, 0.29) is 13.2 Å². The Morgan fingerprint density at radius 3 is 2.62 bits per heavy atom. The Morgan fingerprint density at radius 2 is 1.90 bits per heavy atom. The second kappa shape index (κ2) is 7.04. The lowest BCUT2D eigenvalue weighted by atomic mass is 10.2. The summed E-state index contributed by atoms with van der Waals surface area (Å²) < 4.78 is 31.3. The molecule has 21 heavy (non-hydrogen) atoms. The van der Waals surface area contributed by atoms with Gasteiger partial charge in [-0.15, -0.1) is 0 Å². The molecule has 112 valence electrons. The number of rotatable bonds is 6. The van der Waals surface area contributed by atoms with Gasteiger partial charge in [0.05, 0.1) is 0 Å². The van der Waals surface area contributed by atoms with E-state index in [4.69, 9.17) is 4.74 Å². The molecule has 5 heteroatoms. The third-order valence-corrected chi connectivity index (χ3v) is 2.99. The molecule has 0 amide bonds. The number of aliphatic hydroxyl groups excluding tert-OH is 1. The fraction of sp³-hybridized carbons (Fsp3) is 0.250. The highest BCUT2D eigenvalue weighted by molar-refractivity contribution is 5.43. The molecule has 3 nitrogen and oxygen atoms in total. The first-order valence-corrected chi connectivity index (χ1v) is 6.61. The number of para-hydroxylation sites is 1. The van der Waals surface area contributed by atoms with Crippen molar-refractivity contribution in [3.05, 3.63) is 59.7 Å². The van der Waals surface area contributed by atoms with Crippen molar-refractivity contribution in [1.82, 2.24) is 0 Å². The van der Waals surface area contributed by atoms with Gasteiger partial charge in [-0.3, -0.25) is 0 Å². The van der Waals surface area contributed by atoms with Gasteiger partial charge in [0.2, 0.25) is 0 Å². The van der Waals surface area contributed by atoms with Gasteiger partial charge in [-0.1, -0.05) is 18.2 Å². The zero-order valence-corrected chi connectivity index (χ0v) is 11.6. The molecular weight excluding hydrogens is 276 g/mol. The predicted molar refractivity (Wildman–Crippen MR) is 77.5 cm³/mol. The maximum absolute atomic E-state index is 13.0. The second-order valence-electron chi connectivity index (χ2n) is 4.74. The molecule has 2 aromatic carbocycles. The molecule has 0 aromatic heterocycles. The highest BCUT2D eigenvalue weighted by atomic mass is 19.2. The van der Waals surface area contributed by atoms with E-state index < -0.39 is 17.7 Å². The number of nitrogens with one attached hydrogen (secondary N) is 1. The molecule has 2 N–H and O–H groups in total. The molecule has 0 spiro atoms. The summed E-state index contributed by atoms with van der Waals surface area (Å²) in [6.45, 7) is 2.21. The van der Waals surface area contributed by atoms with E-state index in [1.807, 2.05) is 31.2 Å². The monoisotopic (exact) mass is 293 g/mol. The lowest BCUT2D eigenvalue weighted by Crippen LogP contribution is -2.26. The number of ether oxygens (including phenoxy) is 1. The minimum atomic E-state index is -0.925. The van der Waals surface area contributed by atoms with Crippen molar-refractivity contribution in [3.63, 3.8) is 0 Å². The summed E-state index contributed by atoms with van der Waals surface area (Å²) in [4.78, 5) is 0. The van der Waals surface area contributed by atoms with E-state index in [0.717, 1.165) is 17.7 Å². The van der Waals surface area contributed by atoms with Gasteiger partial charge < -0.3 is 15.2 Å². The predicted octanol–water partition coefficient (Wildman–Crippen LogP) is 3.13. The van der Waals surface area contributed by atoms with Crippen LogP contribution >= 0.6 is 0 Å². The Labute approximate surface area is 122 Å². The van der Waals surface area contributed by atoms with Crippen molar-refractivity contribution < 1.29 is 18.6 Å². The summed E-state index contributed by atoms with van der Waals surface area (Å²) in [7, 11) is 0. The Hall–Kier alpha value is -2.14. The van der Waals surface area contributed by atoms with Crippen LogP contribution in [-0.2, 0) is 0 Å². The molecule has 0 aliphatic rings. The number of aryl methyl sites for hydroxylation is 1. The van der Waals surface area contributed by atoms with Crippen LogP contribution in [0.2, 0.25) is 0 Å². The SMILES string of the molecule is Cc1ccccc1OCC(O)CNc1ccc(F)c(F)c1. The Bertz CT molecular complexity index is 605. The molecule has 1 atom stereocenters. The molecule has 0 fully saturated rings. The number of anilines is 1. The average molecular weight is 293 g/mol. The first kappa shape index (κ1) is 15.3. The van der Waals surface area contributed by atoms with Gasteiger partial charge in [-0.25, -0.2) is 8.78 Å². The largest absolute Gasteiger partial charge is 0.491 e. The minimum absolute atomic E-state index is 0.113. The summed E-state index contributed by atoms with van der Waals surface area (Å²) in [6.07, 6.45) is -0.766. The van der Waals surface area contributed by atoms with Gasteiger partial charge in [0, 0.05) is 18.3 Å². The van der Waals surface area contributed by atoms with E-state index in [2.05, 4.69) is 5.32 Å². The molecule has 0 radical (unpaired) electrons. The molecule has 0 heterocycles. The fourth-order valence-electron chi connectivity index (χ4n) is 1.81. The third kappa shape index (κ3) is 4.43. The quantitative estimate of drug-likeness (QED) is 0.860. The highest BCUT2D eigenvalue weighted by Crippen LogP contribution is 2.16. The van der Waals surface area contributed by atoms with Crippen LogP contribution in [0.15, 0.2) is 42.5 Å². The van der Waals surface area contributed by atoms with Crippen LogP contribution in [0.25, 0.3) is 0 Å². The standard InChI is InChI=1S/C16H17F2NO2/c1-11-4-2-3-5-16(11)21-10-13(20)9-19-12-6-7-14(17)15(18)8-12/h2-8,13,19-20H,9-10H2,1H3. The maximum atomic E-state index is 13.0. The number of benzene rings is 2. The van der Waals surface area contributed by atoms with Crippen LogP contribution in [-0.4, -0.2) is 24.4 Å². The summed E-state index contributed by atoms with van der Waals surface area (Å²) >= 11 is 0. The molecule has 0 saturated carbocycles. The van der Waals surface area contributed by atoms with Crippen molar-refractivity contribution in [2.24, 2.45) is 0 Å². The average Bonchev–Trinajstić information content (AvgIpc) is 2.47. The van der Waals surface area contributed by atoms with Crippen molar-refractivity contribution >= 4 is 5.69 Å². The highest BCUT2D eigenvalue weighted by Gasteiger charge is 2.08. The first-order chi connectivity index (χ1) is 10.1. The van der Waals surface area contributed by atoms with Crippen LogP contribution in [0.3, 0.4) is 0 Å². The van der Waals surface area contributed by atoms with Crippen molar-refractivity contribution in [3.8, 4) is 5.75 Å². The summed E-state index contributed by atoms with van der Waals surface area (Å²) in [5, 5.41) is 12.7. The maximum Gasteiger partial charge on any atom is 0.160 e. The topological polar surface area (TPSA) is 41.5 Å². The van der Waals surface area contributed by atoms with Gasteiger partial charge in [-0.2, -0.15) is 0 Å². The normalized spacial score (nSPS) is 12.0. The van der Waals surface area contributed by atoms with Gasteiger partial charge in [0.15, 0.2) is 11.6 Å². The lowest BCUT2D eigenvalue weighted by Gasteiger charge is -2.15. The van der Waals surface area contributed by atoms with Crippen LogP contribution < -0.4 is 10.1 Å². The first-order valence-electron chi connectivity index (χ1n) is 6.61. The molecule has 2 rings (SSSR count). The Morgan fingerprint density at radius 1 is 1.14 bits per heavy atom. The van der Waals surface area contributed by atoms with Crippen LogP contribution in [0.1, 0.15) is 5.56 Å². The van der Waals surface area contributed by atoms with Gasteiger partial charge >= 0.3 is 0 Å². The molecule has 1 unspecified atom stereocenters. The van der Waals surface area contributed by atoms with Crippen LogP contribution in [0.4, 0.5) is 14.5 Å². The van der Waals surface area contributed by atoms with E-state index in [9.17, 15) is 13.9 Å². The van der Waals surface area contributed by atoms with Gasteiger partial charge in [0.1, 0.15) is 18.5 Å². The smallest absolute Gasteiger partial charge is 0.160 e. The van der Waals surface area contributed by atoms with E-state index in [1.54, 1.807) is 0 Å². The van der Waals surface area contributed by atoms with E-state index in [1.165, 1.54) is 6.07 Å². The zero-order chi connectivity index (χ0) is 15.2. The minimum Gasteiger partial charge on any atom is -0.491 e. The van der Waals surface area contributed by atoms with E-state index in [0.29, 0.717) is 11.4 Å². The van der Waals surface area contributed by atoms with Gasteiger partial charge in [0.25, 0.3) is 0 Å². The van der Waals surface area contributed by atoms with Crippen molar-refractivity contribution in [2.45, 2.75) is 13.0 Å². The molecule has 0 aliphatic heterocycles. The Balaban J connectivity index is 1.81. The third-order valence-electron chi connectivity index (χ3n) is 2.99. The van der Waals surface area contributed by atoms with E-state index >= 15 is 0 Å².